The van der Waals surface area contributed by atoms with E-state index in [2.05, 4.69) is 10.0 Å². The molecular formula is C23H35N5O6S. The molecule has 0 spiro atoms. The molecule has 194 valence electrons. The lowest BCUT2D eigenvalue weighted by Crippen LogP contribution is -2.59. The molecule has 12 heteroatoms. The Labute approximate surface area is 209 Å². The molecule has 0 aromatic rings. The Hall–Kier alpha value is -2.34. The fourth-order valence-electron chi connectivity index (χ4n) is 5.63. The van der Waals surface area contributed by atoms with Crippen LogP contribution in [0.3, 0.4) is 0 Å². The number of esters is 1. The second-order valence-corrected chi connectivity index (χ2v) is 10.3. The number of nitrogens with one attached hydrogen (secondary N) is 2. The first-order chi connectivity index (χ1) is 16.8. The molecule has 5 atom stereocenters. The molecule has 2 N–H and O–H groups in total. The number of ether oxygens (including phenoxy) is 1. The van der Waals surface area contributed by atoms with Crippen LogP contribution in [-0.4, -0.2) is 107 Å². The minimum absolute atomic E-state index is 0.0392. The number of nitrogens with zero attached hydrogens (tertiary/aromatic N) is 3. The molecule has 0 saturated carbocycles. The van der Waals surface area contributed by atoms with Crippen LogP contribution in [0, 0.1) is 0 Å². The minimum atomic E-state index is -0.831. The monoisotopic (exact) mass is 509 g/mol. The third-order valence-corrected chi connectivity index (χ3v) is 7.95. The Bertz CT molecular complexity index is 871. The number of carbonyl (C=O) groups is 5. The number of carbonyl (C=O) groups excluding carboxylic acids is 5. The van der Waals surface area contributed by atoms with E-state index < -0.39 is 30.1 Å². The van der Waals surface area contributed by atoms with Crippen LogP contribution >= 0.6 is 11.9 Å². The van der Waals surface area contributed by atoms with Gasteiger partial charge in [-0.15, -0.1) is 0 Å². The highest BCUT2D eigenvalue weighted by Crippen LogP contribution is 2.27. The van der Waals surface area contributed by atoms with E-state index in [9.17, 15) is 24.0 Å². The van der Waals surface area contributed by atoms with Crippen molar-refractivity contribution in [3.05, 3.63) is 0 Å². The standard InChI is InChI=1S/C23H35N5O6S/c1-14-21(31)27-10-5-7-17(27)23(33)34-11-8-19(29)28-13-15(25-35-2)12-18(28)22(32)26-9-4-3-6-16(26)20(30)24-14/h14-18,25H,3-13H2,1-2H3,(H,24,30). The van der Waals surface area contributed by atoms with Crippen molar-refractivity contribution in [1.29, 1.82) is 0 Å². The summed E-state index contributed by atoms with van der Waals surface area (Å²) in [5.74, 6) is -1.77. The van der Waals surface area contributed by atoms with Gasteiger partial charge in [-0.1, -0.05) is 11.9 Å². The second kappa shape index (κ2) is 11.2. The summed E-state index contributed by atoms with van der Waals surface area (Å²) in [7, 11) is 0. The lowest BCUT2D eigenvalue weighted by Gasteiger charge is -2.38. The van der Waals surface area contributed by atoms with Gasteiger partial charge in [-0.05, 0) is 51.7 Å². The summed E-state index contributed by atoms with van der Waals surface area (Å²) in [5.41, 5.74) is 0. The quantitative estimate of drug-likeness (QED) is 0.382. The van der Waals surface area contributed by atoms with Gasteiger partial charge in [0, 0.05) is 25.7 Å². The molecular weight excluding hydrogens is 474 g/mol. The molecule has 0 aromatic heterocycles. The Balaban J connectivity index is 1.62. The average molecular weight is 510 g/mol. The highest BCUT2D eigenvalue weighted by atomic mass is 32.2. The average Bonchev–Trinajstić information content (AvgIpc) is 3.50. The maximum Gasteiger partial charge on any atom is 0.328 e. The van der Waals surface area contributed by atoms with Gasteiger partial charge in [0.1, 0.15) is 30.8 Å². The summed E-state index contributed by atoms with van der Waals surface area (Å²) in [4.78, 5) is 70.5. The van der Waals surface area contributed by atoms with Gasteiger partial charge in [0.25, 0.3) is 0 Å². The normalized spacial score (nSPS) is 33.3. The van der Waals surface area contributed by atoms with Crippen molar-refractivity contribution in [2.45, 2.75) is 82.1 Å². The Morgan fingerprint density at radius 2 is 1.63 bits per heavy atom. The van der Waals surface area contributed by atoms with Crippen LogP contribution < -0.4 is 10.0 Å². The van der Waals surface area contributed by atoms with E-state index in [0.29, 0.717) is 45.3 Å². The fraction of sp³-hybridized carbons (Fsp3) is 0.783. The predicted molar refractivity (Wildman–Crippen MR) is 128 cm³/mol. The van der Waals surface area contributed by atoms with E-state index in [4.69, 9.17) is 4.74 Å². The molecule has 0 aromatic carbocycles. The third-order valence-electron chi connectivity index (χ3n) is 7.38. The molecule has 35 heavy (non-hydrogen) atoms. The van der Waals surface area contributed by atoms with Crippen LogP contribution in [0.2, 0.25) is 0 Å². The molecule has 0 bridgehead atoms. The minimum Gasteiger partial charge on any atom is -0.464 e. The predicted octanol–water partition coefficient (Wildman–Crippen LogP) is -0.353. The van der Waals surface area contributed by atoms with Gasteiger partial charge in [0.15, 0.2) is 0 Å². The number of amides is 4. The van der Waals surface area contributed by atoms with Crippen molar-refractivity contribution in [1.82, 2.24) is 24.7 Å². The van der Waals surface area contributed by atoms with E-state index in [1.807, 2.05) is 6.26 Å². The number of hydrogen-bond acceptors (Lipinski definition) is 8. The molecule has 4 amide bonds. The van der Waals surface area contributed by atoms with Crippen LogP contribution in [-0.2, 0) is 28.7 Å². The maximum atomic E-state index is 13.7. The van der Waals surface area contributed by atoms with Crippen molar-refractivity contribution in [2.75, 3.05) is 32.5 Å². The third kappa shape index (κ3) is 5.42. The number of rotatable bonds is 2. The highest BCUT2D eigenvalue weighted by molar-refractivity contribution is 7.96. The molecule has 0 aliphatic carbocycles. The SMILES string of the molecule is CSNC1CC2C(=O)N3CCCCC3C(=O)NC(C)C(=O)N3CCCC3C(=O)OCCC(=O)N2C1. The van der Waals surface area contributed by atoms with E-state index in [1.54, 1.807) is 16.7 Å². The van der Waals surface area contributed by atoms with Crippen molar-refractivity contribution in [3.8, 4) is 0 Å². The summed E-state index contributed by atoms with van der Waals surface area (Å²) in [6, 6.07) is -2.99. The molecule has 5 unspecified atom stereocenters. The van der Waals surface area contributed by atoms with Gasteiger partial charge in [0.2, 0.25) is 23.6 Å². The topological polar surface area (TPSA) is 128 Å². The lowest BCUT2D eigenvalue weighted by molar-refractivity contribution is -0.156. The number of hydrogen-bond donors (Lipinski definition) is 2. The Kier molecular flexibility index (Phi) is 8.20. The molecule has 4 aliphatic heterocycles. The zero-order chi connectivity index (χ0) is 25.1. The van der Waals surface area contributed by atoms with Gasteiger partial charge in [0.05, 0.1) is 6.42 Å². The van der Waals surface area contributed by atoms with Crippen LogP contribution in [0.25, 0.3) is 0 Å². The summed E-state index contributed by atoms with van der Waals surface area (Å²) in [6.45, 7) is 2.72. The first kappa shape index (κ1) is 25.7. The lowest BCUT2D eigenvalue weighted by atomic mass is 9.99. The van der Waals surface area contributed by atoms with Crippen LogP contribution in [0.5, 0.6) is 0 Å². The summed E-state index contributed by atoms with van der Waals surface area (Å²) >= 11 is 1.43. The second-order valence-electron chi connectivity index (χ2n) is 9.70. The first-order valence-electron chi connectivity index (χ1n) is 12.5. The van der Waals surface area contributed by atoms with Crippen molar-refractivity contribution >= 4 is 41.5 Å². The van der Waals surface area contributed by atoms with Gasteiger partial charge in [-0.2, -0.15) is 0 Å². The fourth-order valence-corrected chi connectivity index (χ4v) is 6.14. The zero-order valence-electron chi connectivity index (χ0n) is 20.4. The van der Waals surface area contributed by atoms with Crippen molar-refractivity contribution in [2.24, 2.45) is 0 Å². The van der Waals surface area contributed by atoms with E-state index >= 15 is 0 Å². The van der Waals surface area contributed by atoms with E-state index in [0.717, 1.165) is 12.8 Å². The van der Waals surface area contributed by atoms with Gasteiger partial charge < -0.3 is 24.8 Å². The van der Waals surface area contributed by atoms with Crippen molar-refractivity contribution < 1.29 is 28.7 Å². The number of piperidine rings is 1. The molecule has 4 fully saturated rings. The van der Waals surface area contributed by atoms with Gasteiger partial charge >= 0.3 is 5.97 Å². The molecule has 4 rings (SSSR count). The summed E-state index contributed by atoms with van der Waals surface area (Å²) in [6.07, 6.45) is 5.53. The van der Waals surface area contributed by atoms with E-state index in [1.165, 1.54) is 16.8 Å². The molecule has 11 nitrogen and oxygen atoms in total. The maximum absolute atomic E-state index is 13.7. The Morgan fingerprint density at radius 1 is 0.914 bits per heavy atom. The van der Waals surface area contributed by atoms with Crippen molar-refractivity contribution in [3.63, 3.8) is 0 Å². The smallest absolute Gasteiger partial charge is 0.328 e. The Morgan fingerprint density at radius 3 is 2.40 bits per heavy atom. The summed E-state index contributed by atoms with van der Waals surface area (Å²) in [5, 5.41) is 2.78. The van der Waals surface area contributed by atoms with E-state index in [-0.39, 0.29) is 42.7 Å². The molecule has 4 aliphatic rings. The largest absolute Gasteiger partial charge is 0.464 e. The molecule has 0 radical (unpaired) electrons. The zero-order valence-corrected chi connectivity index (χ0v) is 21.2. The van der Waals surface area contributed by atoms with Gasteiger partial charge in [-0.3, -0.25) is 23.9 Å². The van der Waals surface area contributed by atoms with Crippen LogP contribution in [0.1, 0.15) is 51.9 Å². The summed E-state index contributed by atoms with van der Waals surface area (Å²) < 4.78 is 8.63. The van der Waals surface area contributed by atoms with Gasteiger partial charge in [-0.25, -0.2) is 4.79 Å². The van der Waals surface area contributed by atoms with Crippen LogP contribution in [0.15, 0.2) is 0 Å². The first-order valence-corrected chi connectivity index (χ1v) is 13.7. The highest BCUT2D eigenvalue weighted by Gasteiger charge is 2.45. The molecule has 4 saturated heterocycles. The number of cyclic esters (lactones) is 1. The van der Waals surface area contributed by atoms with Crippen LogP contribution in [0.4, 0.5) is 0 Å². The molecule has 4 heterocycles. The number of fused-ring (bicyclic) bond motifs is 3.